The Morgan fingerprint density at radius 1 is 1.11 bits per heavy atom. The van der Waals surface area contributed by atoms with Crippen molar-refractivity contribution in [1.29, 1.82) is 0 Å². The van der Waals surface area contributed by atoms with Gasteiger partial charge in [0.2, 0.25) is 11.8 Å². The van der Waals surface area contributed by atoms with E-state index < -0.39 is 17.0 Å². The Hall–Kier alpha value is -2.96. The van der Waals surface area contributed by atoms with Crippen LogP contribution in [0.4, 0.5) is 4.79 Å². The van der Waals surface area contributed by atoms with Crippen molar-refractivity contribution in [2.45, 2.75) is 58.7 Å². The van der Waals surface area contributed by atoms with Gasteiger partial charge in [-0.1, -0.05) is 6.07 Å². The fraction of sp³-hybridized carbons (Fsp3) is 0.577. The summed E-state index contributed by atoms with van der Waals surface area (Å²) in [5.74, 6) is 1.97. The number of piperidine rings is 1. The first kappa shape index (κ1) is 28.1. The van der Waals surface area contributed by atoms with E-state index in [1.807, 2.05) is 45.9 Å². The second-order valence-electron chi connectivity index (χ2n) is 10.3. The Bertz CT molecular complexity index is 1140. The number of ether oxygens (including phenoxy) is 4. The topological polar surface area (TPSA) is 119 Å². The first-order chi connectivity index (χ1) is 18.1. The van der Waals surface area contributed by atoms with Crippen molar-refractivity contribution in [3.63, 3.8) is 0 Å². The summed E-state index contributed by atoms with van der Waals surface area (Å²) in [6, 6.07) is 5.66. The van der Waals surface area contributed by atoms with Crippen LogP contribution < -0.4 is 14.2 Å². The summed E-state index contributed by atoms with van der Waals surface area (Å²) in [4.78, 5) is 22.6. The van der Waals surface area contributed by atoms with Gasteiger partial charge < -0.3 is 23.8 Å². The first-order valence-electron chi connectivity index (χ1n) is 12.6. The summed E-state index contributed by atoms with van der Waals surface area (Å²) < 4.78 is 44.7. The molecule has 1 aromatic heterocycles. The molecular formula is C26H35N3O8S. The maximum atomic E-state index is 12.3. The third-order valence-electron chi connectivity index (χ3n) is 6.12. The maximum absolute atomic E-state index is 12.3. The molecule has 208 valence electrons. The Kier molecular flexibility index (Phi) is 9.06. The minimum absolute atomic E-state index is 0.0888. The molecule has 1 aromatic carbocycles. The van der Waals surface area contributed by atoms with Gasteiger partial charge in [-0.25, -0.2) is 14.8 Å². The highest BCUT2D eigenvalue weighted by molar-refractivity contribution is 7.75. The number of amides is 1. The van der Waals surface area contributed by atoms with Gasteiger partial charge in [-0.05, 0) is 51.8 Å². The molecule has 1 amide bonds. The molecule has 0 saturated carbocycles. The number of nitrogens with zero attached hydrogens (tertiary/aromatic N) is 3. The Labute approximate surface area is 225 Å². The lowest BCUT2D eigenvalue weighted by molar-refractivity contribution is 0.0122. The van der Waals surface area contributed by atoms with Crippen molar-refractivity contribution in [1.82, 2.24) is 14.9 Å². The molecule has 0 unspecified atom stereocenters. The predicted molar refractivity (Wildman–Crippen MR) is 139 cm³/mol. The monoisotopic (exact) mass is 549 g/mol. The van der Waals surface area contributed by atoms with E-state index in [1.165, 1.54) is 6.33 Å². The molecule has 0 aliphatic carbocycles. The van der Waals surface area contributed by atoms with Crippen molar-refractivity contribution in [3.8, 4) is 23.3 Å². The third kappa shape index (κ3) is 7.55. The molecule has 2 fully saturated rings. The second kappa shape index (κ2) is 12.3. The highest BCUT2D eigenvalue weighted by atomic mass is 32.2. The van der Waals surface area contributed by atoms with Gasteiger partial charge in [0, 0.05) is 31.8 Å². The van der Waals surface area contributed by atoms with Gasteiger partial charge >= 0.3 is 17.5 Å². The highest BCUT2D eigenvalue weighted by Crippen LogP contribution is 2.35. The number of rotatable bonds is 7. The maximum Gasteiger partial charge on any atom is 0.410 e. The van der Waals surface area contributed by atoms with Crippen LogP contribution in [0, 0.1) is 12.8 Å². The number of aromatic nitrogens is 2. The largest absolute Gasteiger partial charge is 0.493 e. The summed E-state index contributed by atoms with van der Waals surface area (Å²) in [5, 5.41) is 0. The van der Waals surface area contributed by atoms with Crippen LogP contribution in [-0.4, -0.2) is 70.3 Å². The number of benzene rings is 1. The van der Waals surface area contributed by atoms with Gasteiger partial charge in [0.1, 0.15) is 18.0 Å². The molecule has 0 atom stereocenters. The standard InChI is InChI=1S/C26H35N3O8S/c1-17-23(35-20-8-10-29(11-9-20)25(30)37-26(2,3)4)27-16-28-24(17)36-21-7-6-18(13-22(21)32-5)12-19-14-33-38(31)34-15-19/h6-7,13,16,19-20H,8-12,14-15H2,1-5H3/t19-,38-. The molecule has 2 aliphatic rings. The number of hydrogen-bond donors (Lipinski definition) is 0. The smallest absolute Gasteiger partial charge is 0.410 e. The van der Waals surface area contributed by atoms with Gasteiger partial charge in [0.05, 0.1) is 25.9 Å². The lowest BCUT2D eigenvalue weighted by Crippen LogP contribution is -2.44. The summed E-state index contributed by atoms with van der Waals surface area (Å²) >= 11 is -1.65. The summed E-state index contributed by atoms with van der Waals surface area (Å²) in [6.07, 6.45) is 3.03. The molecule has 12 heteroatoms. The fourth-order valence-corrected chi connectivity index (χ4v) is 4.82. The van der Waals surface area contributed by atoms with Crippen LogP contribution in [0.5, 0.6) is 23.3 Å². The Morgan fingerprint density at radius 3 is 2.45 bits per heavy atom. The molecule has 38 heavy (non-hydrogen) atoms. The van der Waals surface area contributed by atoms with Crippen molar-refractivity contribution in [3.05, 3.63) is 35.7 Å². The molecule has 2 saturated heterocycles. The van der Waals surface area contributed by atoms with E-state index in [9.17, 15) is 9.00 Å². The van der Waals surface area contributed by atoms with Gasteiger partial charge in [0.15, 0.2) is 11.5 Å². The lowest BCUT2D eigenvalue weighted by Gasteiger charge is -2.33. The number of carbonyl (C=O) groups is 1. The molecule has 2 aliphatic heterocycles. The van der Waals surface area contributed by atoms with Crippen molar-refractivity contribution < 1.29 is 36.3 Å². The summed E-state index contributed by atoms with van der Waals surface area (Å²) in [5.41, 5.74) is 1.15. The van der Waals surface area contributed by atoms with E-state index in [2.05, 4.69) is 9.97 Å². The Morgan fingerprint density at radius 2 is 1.79 bits per heavy atom. The number of methoxy groups -OCH3 is 1. The second-order valence-corrected chi connectivity index (χ2v) is 11.2. The van der Waals surface area contributed by atoms with E-state index in [4.69, 9.17) is 27.3 Å². The van der Waals surface area contributed by atoms with Crippen molar-refractivity contribution >= 4 is 17.5 Å². The van der Waals surface area contributed by atoms with Gasteiger partial charge in [-0.2, -0.15) is 4.21 Å². The van der Waals surface area contributed by atoms with Crippen LogP contribution in [0.2, 0.25) is 0 Å². The van der Waals surface area contributed by atoms with Crippen LogP contribution in [0.3, 0.4) is 0 Å². The van der Waals surface area contributed by atoms with Crippen LogP contribution in [0.1, 0.15) is 44.7 Å². The predicted octanol–water partition coefficient (Wildman–Crippen LogP) is 4.15. The Balaban J connectivity index is 1.37. The average Bonchev–Trinajstić information content (AvgIpc) is 2.88. The minimum atomic E-state index is -1.65. The van der Waals surface area contributed by atoms with E-state index in [1.54, 1.807) is 12.0 Å². The normalized spacial score (nSPS) is 20.6. The van der Waals surface area contributed by atoms with Crippen molar-refractivity contribution in [2.75, 3.05) is 33.4 Å². The zero-order valence-corrected chi connectivity index (χ0v) is 23.2. The fourth-order valence-electron chi connectivity index (χ4n) is 4.15. The summed E-state index contributed by atoms with van der Waals surface area (Å²) in [6.45, 7) is 9.25. The molecule has 0 spiro atoms. The van der Waals surface area contributed by atoms with Gasteiger partial charge in [-0.3, -0.25) is 8.37 Å². The molecule has 4 rings (SSSR count). The van der Waals surface area contributed by atoms with E-state index in [-0.39, 0.29) is 18.1 Å². The van der Waals surface area contributed by atoms with E-state index in [0.29, 0.717) is 74.4 Å². The van der Waals surface area contributed by atoms with Crippen LogP contribution in [-0.2, 0) is 30.9 Å². The molecule has 0 radical (unpaired) electrons. The van der Waals surface area contributed by atoms with Gasteiger partial charge in [-0.15, -0.1) is 0 Å². The highest BCUT2D eigenvalue weighted by Gasteiger charge is 2.28. The third-order valence-corrected chi connectivity index (χ3v) is 6.78. The molecule has 2 aromatic rings. The molecule has 0 N–H and O–H groups in total. The SMILES string of the molecule is COc1cc(C[C@H]2CO[S@](=O)OC2)ccc1Oc1ncnc(OC2CCN(C(=O)OC(C)(C)C)CC2)c1C. The first-order valence-corrected chi connectivity index (χ1v) is 13.6. The average molecular weight is 550 g/mol. The lowest BCUT2D eigenvalue weighted by atomic mass is 10.0. The zero-order chi connectivity index (χ0) is 27.3. The molecular weight excluding hydrogens is 514 g/mol. The van der Waals surface area contributed by atoms with E-state index >= 15 is 0 Å². The van der Waals surface area contributed by atoms with Gasteiger partial charge in [0.25, 0.3) is 0 Å². The number of likely N-dealkylation sites (tertiary alicyclic amines) is 1. The quantitative estimate of drug-likeness (QED) is 0.498. The minimum Gasteiger partial charge on any atom is -0.493 e. The number of carbonyl (C=O) groups excluding carboxylic acids is 1. The molecule has 0 bridgehead atoms. The van der Waals surface area contributed by atoms with E-state index in [0.717, 1.165) is 5.56 Å². The van der Waals surface area contributed by atoms with Crippen LogP contribution in [0.15, 0.2) is 24.5 Å². The molecule has 11 nitrogen and oxygen atoms in total. The van der Waals surface area contributed by atoms with Crippen molar-refractivity contribution in [2.24, 2.45) is 5.92 Å². The summed E-state index contributed by atoms with van der Waals surface area (Å²) in [7, 11) is 1.58. The molecule has 3 heterocycles. The van der Waals surface area contributed by atoms with Crippen LogP contribution in [0.25, 0.3) is 0 Å². The van der Waals surface area contributed by atoms with Crippen LogP contribution >= 0.6 is 0 Å². The zero-order valence-electron chi connectivity index (χ0n) is 22.4. The number of hydrogen-bond acceptors (Lipinski definition) is 10.